The van der Waals surface area contributed by atoms with Crippen LogP contribution in [0.5, 0.6) is 17.2 Å². The highest BCUT2D eigenvalue weighted by Crippen LogP contribution is 2.34. The van der Waals surface area contributed by atoms with E-state index in [-0.39, 0.29) is 41.9 Å². The van der Waals surface area contributed by atoms with E-state index in [1.54, 1.807) is 24.3 Å². The van der Waals surface area contributed by atoms with E-state index in [1.807, 2.05) is 44.2 Å². The number of methoxy groups -OCH3 is 1. The van der Waals surface area contributed by atoms with Crippen LogP contribution in [0.1, 0.15) is 25.0 Å². The van der Waals surface area contributed by atoms with Crippen molar-refractivity contribution >= 4 is 27.5 Å². The van der Waals surface area contributed by atoms with E-state index in [9.17, 15) is 22.4 Å². The van der Waals surface area contributed by atoms with Crippen molar-refractivity contribution in [2.45, 2.75) is 43.8 Å². The second-order valence-corrected chi connectivity index (χ2v) is 13.4. The van der Waals surface area contributed by atoms with Gasteiger partial charge in [-0.25, -0.2) is 12.8 Å². The van der Waals surface area contributed by atoms with Gasteiger partial charge in [-0.1, -0.05) is 42.5 Å². The first kappa shape index (κ1) is 34.2. The van der Waals surface area contributed by atoms with Gasteiger partial charge in [0, 0.05) is 25.1 Å². The molecule has 0 radical (unpaired) electrons. The van der Waals surface area contributed by atoms with Crippen LogP contribution in [-0.2, 0) is 32.6 Å². The zero-order valence-electron chi connectivity index (χ0n) is 27.0. The van der Waals surface area contributed by atoms with E-state index in [0.29, 0.717) is 23.7 Å². The van der Waals surface area contributed by atoms with E-state index >= 15 is 0 Å². The molecule has 4 aromatic rings. The number of hydrogen-bond acceptors (Lipinski definition) is 7. The molecule has 252 valence electrons. The summed E-state index contributed by atoms with van der Waals surface area (Å²) in [6, 6.07) is 24.1. The SMILES string of the molecule is COc1cccc(CN(C(=O)CN(c2ccc(F)cc2)S(=O)(=O)c2ccc3c(c2)OCCO3)C(Cc2ccccc2)C(=O)NC(C)C)c1. The molecular formula is C36H38FN3O7S. The third-order valence-electron chi connectivity index (χ3n) is 7.68. The zero-order valence-corrected chi connectivity index (χ0v) is 27.8. The first-order chi connectivity index (χ1) is 23.0. The van der Waals surface area contributed by atoms with Crippen LogP contribution in [0.3, 0.4) is 0 Å². The number of rotatable bonds is 13. The van der Waals surface area contributed by atoms with E-state index in [1.165, 1.54) is 42.3 Å². The first-order valence-corrected chi connectivity index (χ1v) is 16.9. The standard InChI is InChI=1S/C36H38FN3O7S/c1-25(2)38-36(42)32(21-26-8-5-4-6-9-26)39(23-27-10-7-11-30(20-27)45-3)35(41)24-40(29-14-12-28(37)13-15-29)48(43,44)31-16-17-33-34(22-31)47-19-18-46-33/h4-17,20,22,25,32H,18-19,21,23-24H2,1-3H3,(H,38,42). The number of ether oxygens (including phenoxy) is 3. The Morgan fingerprint density at radius 2 is 1.56 bits per heavy atom. The van der Waals surface area contributed by atoms with Gasteiger partial charge < -0.3 is 24.4 Å². The van der Waals surface area contributed by atoms with Crippen molar-refractivity contribution in [1.82, 2.24) is 10.2 Å². The Morgan fingerprint density at radius 1 is 0.875 bits per heavy atom. The lowest BCUT2D eigenvalue weighted by molar-refractivity contribution is -0.140. The minimum absolute atomic E-state index is 0.0274. The van der Waals surface area contributed by atoms with E-state index in [4.69, 9.17) is 14.2 Å². The van der Waals surface area contributed by atoms with Crippen LogP contribution in [0, 0.1) is 5.82 Å². The normalized spacial score (nSPS) is 13.0. The minimum Gasteiger partial charge on any atom is -0.497 e. The van der Waals surface area contributed by atoms with Gasteiger partial charge in [-0.2, -0.15) is 0 Å². The largest absolute Gasteiger partial charge is 0.497 e. The predicted molar refractivity (Wildman–Crippen MR) is 179 cm³/mol. The number of fused-ring (bicyclic) bond motifs is 1. The quantitative estimate of drug-likeness (QED) is 0.213. The number of benzene rings is 4. The maximum Gasteiger partial charge on any atom is 0.264 e. The smallest absolute Gasteiger partial charge is 0.264 e. The van der Waals surface area contributed by atoms with Crippen LogP contribution in [0.25, 0.3) is 0 Å². The lowest BCUT2D eigenvalue weighted by atomic mass is 10.0. The van der Waals surface area contributed by atoms with Gasteiger partial charge in [0.2, 0.25) is 11.8 Å². The highest BCUT2D eigenvalue weighted by molar-refractivity contribution is 7.92. The molecule has 4 aromatic carbocycles. The topological polar surface area (TPSA) is 114 Å². The molecule has 0 aromatic heterocycles. The van der Waals surface area contributed by atoms with E-state index in [2.05, 4.69) is 5.32 Å². The number of carbonyl (C=O) groups is 2. The fourth-order valence-electron chi connectivity index (χ4n) is 5.35. The summed E-state index contributed by atoms with van der Waals surface area (Å²) in [7, 11) is -2.90. The third-order valence-corrected chi connectivity index (χ3v) is 9.45. The number of amides is 2. The molecule has 48 heavy (non-hydrogen) atoms. The number of halogens is 1. The Labute approximate surface area is 280 Å². The van der Waals surface area contributed by atoms with Gasteiger partial charge >= 0.3 is 0 Å². The average molecular weight is 676 g/mol. The number of carbonyl (C=O) groups excluding carboxylic acids is 2. The molecule has 1 aliphatic heterocycles. The monoisotopic (exact) mass is 675 g/mol. The fourth-order valence-corrected chi connectivity index (χ4v) is 6.78. The molecule has 0 spiro atoms. The molecule has 0 saturated heterocycles. The molecule has 5 rings (SSSR count). The molecule has 0 bridgehead atoms. The Balaban J connectivity index is 1.58. The Morgan fingerprint density at radius 3 is 2.25 bits per heavy atom. The lowest BCUT2D eigenvalue weighted by Crippen LogP contribution is -2.54. The van der Waals surface area contributed by atoms with E-state index in [0.717, 1.165) is 22.0 Å². The van der Waals surface area contributed by atoms with Gasteiger partial charge in [-0.15, -0.1) is 0 Å². The second kappa shape index (κ2) is 15.2. The molecule has 0 saturated carbocycles. The molecule has 1 unspecified atom stereocenters. The Kier molecular flexibility index (Phi) is 10.8. The molecule has 1 heterocycles. The third kappa shape index (κ3) is 8.24. The zero-order chi connectivity index (χ0) is 34.3. The van der Waals surface area contributed by atoms with Crippen molar-refractivity contribution in [1.29, 1.82) is 0 Å². The number of anilines is 1. The number of nitrogens with one attached hydrogen (secondary N) is 1. The summed E-state index contributed by atoms with van der Waals surface area (Å²) < 4.78 is 60.2. The maximum atomic E-state index is 14.6. The molecule has 1 aliphatic rings. The summed E-state index contributed by atoms with van der Waals surface area (Å²) in [5.74, 6) is -0.416. The van der Waals surface area contributed by atoms with Gasteiger partial charge in [-0.3, -0.25) is 13.9 Å². The Hall–Kier alpha value is -5.10. The summed E-state index contributed by atoms with van der Waals surface area (Å²) in [6.45, 7) is 3.50. The summed E-state index contributed by atoms with van der Waals surface area (Å²) >= 11 is 0. The molecular weight excluding hydrogens is 637 g/mol. The van der Waals surface area contributed by atoms with Crippen molar-refractivity contribution in [2.24, 2.45) is 0 Å². The van der Waals surface area contributed by atoms with Crippen LogP contribution in [-0.4, -0.2) is 64.1 Å². The summed E-state index contributed by atoms with van der Waals surface area (Å²) in [6.07, 6.45) is 0.167. The lowest BCUT2D eigenvalue weighted by Gasteiger charge is -2.34. The maximum absolute atomic E-state index is 14.6. The summed E-state index contributed by atoms with van der Waals surface area (Å²) in [4.78, 5) is 29.6. The van der Waals surface area contributed by atoms with Crippen LogP contribution in [0.15, 0.2) is 102 Å². The van der Waals surface area contributed by atoms with Gasteiger partial charge in [0.15, 0.2) is 11.5 Å². The molecule has 0 fully saturated rings. The number of hydrogen-bond donors (Lipinski definition) is 1. The predicted octanol–water partition coefficient (Wildman–Crippen LogP) is 4.97. The minimum atomic E-state index is -4.43. The highest BCUT2D eigenvalue weighted by Gasteiger charge is 2.35. The van der Waals surface area contributed by atoms with Crippen LogP contribution >= 0.6 is 0 Å². The number of nitrogens with zero attached hydrogens (tertiary/aromatic N) is 2. The molecule has 12 heteroatoms. The van der Waals surface area contributed by atoms with Gasteiger partial charge in [0.1, 0.15) is 37.4 Å². The first-order valence-electron chi connectivity index (χ1n) is 15.5. The summed E-state index contributed by atoms with van der Waals surface area (Å²) in [5.41, 5.74) is 1.54. The molecule has 10 nitrogen and oxygen atoms in total. The molecule has 2 amide bonds. The van der Waals surface area contributed by atoms with Gasteiger partial charge in [0.05, 0.1) is 17.7 Å². The second-order valence-electron chi connectivity index (χ2n) is 11.5. The molecule has 1 atom stereocenters. The van der Waals surface area contributed by atoms with Crippen LogP contribution in [0.4, 0.5) is 10.1 Å². The van der Waals surface area contributed by atoms with Crippen LogP contribution in [0.2, 0.25) is 0 Å². The molecule has 0 aliphatic carbocycles. The van der Waals surface area contributed by atoms with Crippen molar-refractivity contribution in [3.63, 3.8) is 0 Å². The summed E-state index contributed by atoms with van der Waals surface area (Å²) in [5, 5.41) is 2.93. The van der Waals surface area contributed by atoms with Crippen molar-refractivity contribution in [3.05, 3.63) is 114 Å². The van der Waals surface area contributed by atoms with Crippen molar-refractivity contribution < 1.29 is 36.6 Å². The van der Waals surface area contributed by atoms with Crippen molar-refractivity contribution in [2.75, 3.05) is 31.2 Å². The number of sulfonamides is 1. The van der Waals surface area contributed by atoms with Gasteiger partial charge in [-0.05, 0) is 73.5 Å². The van der Waals surface area contributed by atoms with E-state index < -0.39 is 40.2 Å². The highest BCUT2D eigenvalue weighted by atomic mass is 32.2. The molecule has 1 N–H and O–H groups in total. The average Bonchev–Trinajstić information content (AvgIpc) is 3.09. The Bertz CT molecular complexity index is 1840. The fraction of sp³-hybridized carbons (Fsp3) is 0.278. The van der Waals surface area contributed by atoms with Gasteiger partial charge in [0.25, 0.3) is 10.0 Å². The van der Waals surface area contributed by atoms with Crippen LogP contribution < -0.4 is 23.8 Å². The van der Waals surface area contributed by atoms with Crippen molar-refractivity contribution in [3.8, 4) is 17.2 Å².